The molecule has 2 heterocycles. The summed E-state index contributed by atoms with van der Waals surface area (Å²) in [6, 6.07) is 3.27. The van der Waals surface area contributed by atoms with Crippen molar-refractivity contribution in [3.63, 3.8) is 0 Å². The number of halogens is 1. The lowest BCUT2D eigenvalue weighted by Crippen LogP contribution is -2.26. The van der Waals surface area contributed by atoms with E-state index in [2.05, 4.69) is 0 Å². The van der Waals surface area contributed by atoms with E-state index in [4.69, 9.17) is 10.00 Å². The number of nitrogens with zero attached hydrogens (tertiary/aromatic N) is 2. The molecule has 98 valence electrons. The van der Waals surface area contributed by atoms with Crippen LogP contribution in [0, 0.1) is 18.3 Å². The van der Waals surface area contributed by atoms with E-state index >= 15 is 0 Å². The normalized spacial score (nSPS) is 18.1. The summed E-state index contributed by atoms with van der Waals surface area (Å²) in [6.45, 7) is 2.63. The van der Waals surface area contributed by atoms with Crippen molar-refractivity contribution in [1.29, 1.82) is 5.26 Å². The monoisotopic (exact) mass is 270 g/mol. The number of hydrogen-bond donors (Lipinski definition) is 1. The molecule has 18 heavy (non-hydrogen) atoms. The molecule has 1 unspecified atom stereocenters. The Morgan fingerprint density at radius 2 is 2.39 bits per heavy atom. The molecule has 0 bridgehead atoms. The first-order valence-corrected chi connectivity index (χ1v) is 5.58. The molecule has 1 fully saturated rings. The van der Waals surface area contributed by atoms with Crippen molar-refractivity contribution in [3.8, 4) is 11.9 Å². The lowest BCUT2D eigenvalue weighted by molar-refractivity contribution is 0.0938. The molecular formula is C12H15ClN2O3. The van der Waals surface area contributed by atoms with Crippen molar-refractivity contribution in [2.75, 3.05) is 6.61 Å². The van der Waals surface area contributed by atoms with Crippen molar-refractivity contribution < 1.29 is 9.84 Å². The highest BCUT2D eigenvalue weighted by molar-refractivity contribution is 5.85. The molecule has 1 N–H and O–H groups in total. The number of aromatic nitrogens is 1. The zero-order valence-corrected chi connectivity index (χ0v) is 10.9. The molecule has 1 aliphatic rings. The fraction of sp³-hybridized carbons (Fsp3) is 0.500. The molecule has 1 saturated heterocycles. The van der Waals surface area contributed by atoms with Gasteiger partial charge in [0.2, 0.25) is 5.88 Å². The highest BCUT2D eigenvalue weighted by atomic mass is 35.5. The van der Waals surface area contributed by atoms with Gasteiger partial charge in [0.15, 0.2) is 0 Å². The molecule has 5 nitrogen and oxygen atoms in total. The number of rotatable bonds is 2. The van der Waals surface area contributed by atoms with Gasteiger partial charge in [0.05, 0.1) is 12.6 Å². The zero-order chi connectivity index (χ0) is 12.4. The van der Waals surface area contributed by atoms with Gasteiger partial charge in [-0.15, -0.1) is 12.4 Å². The largest absolute Gasteiger partial charge is 0.493 e. The van der Waals surface area contributed by atoms with Crippen LogP contribution in [0.1, 0.15) is 24.0 Å². The number of aromatic hydroxyl groups is 1. The minimum atomic E-state index is -0.297. The molecule has 0 aromatic carbocycles. The Bertz CT molecular complexity index is 527. The maximum Gasteiger partial charge on any atom is 0.253 e. The van der Waals surface area contributed by atoms with E-state index in [1.807, 2.05) is 6.07 Å². The first kappa shape index (κ1) is 14.6. The Kier molecular flexibility index (Phi) is 4.76. The molecule has 6 heteroatoms. The standard InChI is InChI=1S/C12H14N2O3.ClH/c1-8-5-11(15)14(12(16)10(8)6-13)7-9-3-2-4-17-9;/h5,9,16H,2-4,7H2,1H3;1H. The second-order valence-corrected chi connectivity index (χ2v) is 4.22. The van der Waals surface area contributed by atoms with Crippen LogP contribution in [0.5, 0.6) is 5.88 Å². The van der Waals surface area contributed by atoms with Gasteiger partial charge in [-0.05, 0) is 25.3 Å². The van der Waals surface area contributed by atoms with Gasteiger partial charge >= 0.3 is 0 Å². The van der Waals surface area contributed by atoms with Crippen LogP contribution in [0.15, 0.2) is 10.9 Å². The van der Waals surface area contributed by atoms with Crippen molar-refractivity contribution >= 4 is 12.4 Å². The quantitative estimate of drug-likeness (QED) is 0.880. The Balaban J connectivity index is 0.00000162. The van der Waals surface area contributed by atoms with Crippen molar-refractivity contribution in [2.45, 2.75) is 32.4 Å². The summed E-state index contributed by atoms with van der Waals surface area (Å²) in [5.74, 6) is -0.256. The van der Waals surface area contributed by atoms with Gasteiger partial charge in [-0.2, -0.15) is 5.26 Å². The predicted molar refractivity (Wildman–Crippen MR) is 68.0 cm³/mol. The van der Waals surface area contributed by atoms with Crippen LogP contribution < -0.4 is 5.56 Å². The number of nitriles is 1. The van der Waals surface area contributed by atoms with Gasteiger partial charge in [0.1, 0.15) is 11.6 Å². The number of ether oxygens (including phenoxy) is 1. The molecule has 0 amide bonds. The summed E-state index contributed by atoms with van der Waals surface area (Å²) >= 11 is 0. The summed E-state index contributed by atoms with van der Waals surface area (Å²) in [7, 11) is 0. The second kappa shape index (κ2) is 5.89. The van der Waals surface area contributed by atoms with Crippen LogP contribution in [0.25, 0.3) is 0 Å². The van der Waals surface area contributed by atoms with Crippen LogP contribution >= 0.6 is 12.4 Å². The average Bonchev–Trinajstić information content (AvgIpc) is 2.77. The summed E-state index contributed by atoms with van der Waals surface area (Å²) < 4.78 is 6.63. The molecular weight excluding hydrogens is 256 g/mol. The van der Waals surface area contributed by atoms with Gasteiger partial charge in [-0.3, -0.25) is 9.36 Å². The zero-order valence-electron chi connectivity index (χ0n) is 10.0. The topological polar surface area (TPSA) is 75.2 Å². The third-order valence-corrected chi connectivity index (χ3v) is 3.00. The molecule has 1 aliphatic heterocycles. The lowest BCUT2D eigenvalue weighted by Gasteiger charge is -2.14. The molecule has 0 aliphatic carbocycles. The SMILES string of the molecule is Cc1cc(=O)n(CC2CCCO2)c(O)c1C#N.Cl. The van der Waals surface area contributed by atoms with Crippen molar-refractivity contribution in [1.82, 2.24) is 4.57 Å². The maximum absolute atomic E-state index is 11.8. The van der Waals surface area contributed by atoms with Gasteiger partial charge in [0, 0.05) is 12.7 Å². The number of hydrogen-bond acceptors (Lipinski definition) is 4. The minimum Gasteiger partial charge on any atom is -0.493 e. The van der Waals surface area contributed by atoms with Crippen LogP contribution in [0.3, 0.4) is 0 Å². The first-order valence-electron chi connectivity index (χ1n) is 5.58. The van der Waals surface area contributed by atoms with Crippen molar-refractivity contribution in [3.05, 3.63) is 27.5 Å². The lowest BCUT2D eigenvalue weighted by atomic mass is 10.1. The Labute approximate surface area is 111 Å². The van der Waals surface area contributed by atoms with Crippen LogP contribution in [-0.4, -0.2) is 22.4 Å². The average molecular weight is 271 g/mol. The minimum absolute atomic E-state index is 0. The van der Waals surface area contributed by atoms with E-state index in [0.29, 0.717) is 18.7 Å². The first-order chi connectivity index (χ1) is 8.13. The Morgan fingerprint density at radius 1 is 1.67 bits per heavy atom. The summed E-state index contributed by atoms with van der Waals surface area (Å²) in [6.07, 6.45) is 1.80. The number of aryl methyl sites for hydroxylation is 1. The molecule has 0 saturated carbocycles. The van der Waals surface area contributed by atoms with E-state index in [1.165, 1.54) is 10.6 Å². The maximum atomic E-state index is 11.8. The highest BCUT2D eigenvalue weighted by Crippen LogP contribution is 2.20. The highest BCUT2D eigenvalue weighted by Gasteiger charge is 2.20. The third-order valence-electron chi connectivity index (χ3n) is 3.00. The van der Waals surface area contributed by atoms with E-state index < -0.39 is 0 Å². The van der Waals surface area contributed by atoms with Crippen molar-refractivity contribution in [2.24, 2.45) is 0 Å². The van der Waals surface area contributed by atoms with Gasteiger partial charge in [-0.1, -0.05) is 0 Å². The number of pyridine rings is 1. The smallest absolute Gasteiger partial charge is 0.253 e. The van der Waals surface area contributed by atoms with Crippen LogP contribution in [0.4, 0.5) is 0 Å². The predicted octanol–water partition coefficient (Wildman–Crippen LogP) is 1.33. The molecule has 2 rings (SSSR count). The molecule has 1 atom stereocenters. The molecule has 0 spiro atoms. The summed E-state index contributed by atoms with van der Waals surface area (Å²) in [5.41, 5.74) is 0.357. The second-order valence-electron chi connectivity index (χ2n) is 4.22. The fourth-order valence-electron chi connectivity index (χ4n) is 2.06. The van der Waals surface area contributed by atoms with Gasteiger partial charge in [0.25, 0.3) is 5.56 Å². The summed E-state index contributed by atoms with van der Waals surface area (Å²) in [5, 5.41) is 18.8. The fourth-order valence-corrected chi connectivity index (χ4v) is 2.06. The Hall–Kier alpha value is -1.51. The molecule has 1 aromatic rings. The van der Waals surface area contributed by atoms with E-state index in [0.717, 1.165) is 12.8 Å². The van der Waals surface area contributed by atoms with Crippen LogP contribution in [-0.2, 0) is 11.3 Å². The molecule has 1 aromatic heterocycles. The van der Waals surface area contributed by atoms with Gasteiger partial charge in [-0.25, -0.2) is 0 Å². The third kappa shape index (κ3) is 2.66. The summed E-state index contributed by atoms with van der Waals surface area (Å²) in [4.78, 5) is 11.8. The van der Waals surface area contributed by atoms with Gasteiger partial charge < -0.3 is 9.84 Å². The van der Waals surface area contributed by atoms with E-state index in [-0.39, 0.29) is 35.5 Å². The Morgan fingerprint density at radius 3 is 2.94 bits per heavy atom. The van der Waals surface area contributed by atoms with E-state index in [9.17, 15) is 9.90 Å². The molecule has 0 radical (unpaired) electrons. The van der Waals surface area contributed by atoms with E-state index in [1.54, 1.807) is 6.92 Å². The van der Waals surface area contributed by atoms with Crippen LogP contribution in [0.2, 0.25) is 0 Å².